The molecule has 0 rings (SSSR count). The van der Waals surface area contributed by atoms with E-state index in [1.165, 1.54) is 6.92 Å². The topological polar surface area (TPSA) is 113 Å². The van der Waals surface area contributed by atoms with Crippen LogP contribution in [0, 0.1) is 11.3 Å². The van der Waals surface area contributed by atoms with E-state index < -0.39 is 18.0 Å². The molecule has 110 valence electrons. The maximum atomic E-state index is 11.0. The van der Waals surface area contributed by atoms with Gasteiger partial charge in [-0.25, -0.2) is 0 Å². The summed E-state index contributed by atoms with van der Waals surface area (Å²) in [6.07, 6.45) is -0.347. The van der Waals surface area contributed by atoms with Crippen LogP contribution in [0.3, 0.4) is 0 Å². The van der Waals surface area contributed by atoms with Gasteiger partial charge in [0.1, 0.15) is 5.04 Å². The summed E-state index contributed by atoms with van der Waals surface area (Å²) in [5.74, 6) is -0.884. The molecule has 0 saturated heterocycles. The molecular formula is C12H22N2O4S. The van der Waals surface area contributed by atoms with Crippen molar-refractivity contribution < 1.29 is 19.4 Å². The number of thioether (sulfide) groups is 1. The third-order valence-electron chi connectivity index (χ3n) is 2.52. The van der Waals surface area contributed by atoms with Crippen molar-refractivity contribution in [2.24, 2.45) is 11.7 Å². The van der Waals surface area contributed by atoms with Gasteiger partial charge in [0.25, 0.3) is 0 Å². The predicted octanol–water partition coefficient (Wildman–Crippen LogP) is 1.48. The van der Waals surface area contributed by atoms with E-state index in [1.54, 1.807) is 0 Å². The number of hydrogen-bond acceptors (Lipinski definition) is 6. The highest BCUT2D eigenvalue weighted by atomic mass is 32.2. The lowest BCUT2D eigenvalue weighted by atomic mass is 9.99. The highest BCUT2D eigenvalue weighted by molar-refractivity contribution is 8.13. The average Bonchev–Trinajstić information content (AvgIpc) is 2.26. The van der Waals surface area contributed by atoms with Crippen LogP contribution < -0.4 is 5.73 Å². The molecule has 6 nitrogen and oxygen atoms in total. The molecule has 0 heterocycles. The minimum atomic E-state index is -0.914. The molecule has 4 N–H and O–H groups in total. The molecule has 0 aromatic rings. The molecule has 19 heavy (non-hydrogen) atoms. The third kappa shape index (κ3) is 8.61. The van der Waals surface area contributed by atoms with Gasteiger partial charge < -0.3 is 15.6 Å². The summed E-state index contributed by atoms with van der Waals surface area (Å²) in [6.45, 7) is 5.19. The van der Waals surface area contributed by atoms with Crippen molar-refractivity contribution in [2.75, 3.05) is 5.75 Å². The first-order valence-corrected chi connectivity index (χ1v) is 7.08. The van der Waals surface area contributed by atoms with Crippen LogP contribution in [-0.4, -0.2) is 40.0 Å². The van der Waals surface area contributed by atoms with Crippen LogP contribution in [0.25, 0.3) is 0 Å². The number of hydrogen-bond donors (Lipinski definition) is 3. The Morgan fingerprint density at radius 1 is 1.42 bits per heavy atom. The number of esters is 1. The normalized spacial score (nSPS) is 13.9. The lowest BCUT2D eigenvalue weighted by molar-refractivity contribution is -0.143. The lowest BCUT2D eigenvalue weighted by Crippen LogP contribution is -2.36. The number of aliphatic carboxylic acids is 1. The minimum absolute atomic E-state index is 0.0317. The van der Waals surface area contributed by atoms with Crippen LogP contribution in [0.1, 0.15) is 33.6 Å². The summed E-state index contributed by atoms with van der Waals surface area (Å²) in [7, 11) is 0. The number of carbonyl (C=O) groups excluding carboxylic acids is 1. The molecule has 0 aromatic carbocycles. The fourth-order valence-electron chi connectivity index (χ4n) is 1.27. The van der Waals surface area contributed by atoms with Gasteiger partial charge in [-0.2, -0.15) is 0 Å². The first kappa shape index (κ1) is 17.9. The number of carboxylic acids is 1. The monoisotopic (exact) mass is 290 g/mol. The van der Waals surface area contributed by atoms with Crippen molar-refractivity contribution in [1.82, 2.24) is 0 Å². The Kier molecular flexibility index (Phi) is 8.42. The van der Waals surface area contributed by atoms with Gasteiger partial charge in [-0.3, -0.25) is 15.0 Å². The van der Waals surface area contributed by atoms with Crippen LogP contribution in [-0.2, 0) is 14.3 Å². The summed E-state index contributed by atoms with van der Waals surface area (Å²) in [4.78, 5) is 21.4. The zero-order valence-electron chi connectivity index (χ0n) is 11.5. The molecule has 2 unspecified atom stereocenters. The minimum Gasteiger partial charge on any atom is -0.481 e. The molecule has 0 spiro atoms. The molecule has 0 saturated carbocycles. The van der Waals surface area contributed by atoms with E-state index in [-0.39, 0.29) is 29.2 Å². The first-order valence-electron chi connectivity index (χ1n) is 6.09. The van der Waals surface area contributed by atoms with E-state index in [0.717, 1.165) is 11.8 Å². The second-order valence-corrected chi connectivity index (χ2v) is 5.73. The smallest absolute Gasteiger partial charge is 0.304 e. The molecule has 0 aliphatic rings. The largest absolute Gasteiger partial charge is 0.481 e. The molecule has 0 radical (unpaired) electrons. The Balaban J connectivity index is 4.43. The van der Waals surface area contributed by atoms with E-state index in [0.29, 0.717) is 6.42 Å². The molecule has 2 atom stereocenters. The SMILES string of the molecule is CC(=O)OC(CC(N)C(C)C)C(=N)SCCC(=O)O. The van der Waals surface area contributed by atoms with Crippen LogP contribution in [0.5, 0.6) is 0 Å². The zero-order chi connectivity index (χ0) is 15.0. The average molecular weight is 290 g/mol. The van der Waals surface area contributed by atoms with Gasteiger partial charge >= 0.3 is 11.9 Å². The van der Waals surface area contributed by atoms with Gasteiger partial charge in [0.15, 0.2) is 6.10 Å². The van der Waals surface area contributed by atoms with E-state index in [1.807, 2.05) is 13.8 Å². The van der Waals surface area contributed by atoms with Crippen LogP contribution in [0.15, 0.2) is 0 Å². The lowest BCUT2D eigenvalue weighted by Gasteiger charge is -2.23. The second-order valence-electron chi connectivity index (χ2n) is 4.60. The van der Waals surface area contributed by atoms with Crippen molar-refractivity contribution in [3.8, 4) is 0 Å². The molecular weight excluding hydrogens is 268 g/mol. The van der Waals surface area contributed by atoms with Gasteiger partial charge in [0, 0.05) is 25.1 Å². The quantitative estimate of drug-likeness (QED) is 0.354. The first-order chi connectivity index (χ1) is 8.73. The number of ether oxygens (including phenoxy) is 1. The van der Waals surface area contributed by atoms with Crippen molar-refractivity contribution in [3.63, 3.8) is 0 Å². The van der Waals surface area contributed by atoms with Crippen LogP contribution in [0.2, 0.25) is 0 Å². The van der Waals surface area contributed by atoms with Crippen molar-refractivity contribution in [2.45, 2.75) is 45.8 Å². The standard InChI is InChI=1S/C12H22N2O4S/c1-7(2)9(13)6-10(18-8(3)15)12(14)19-5-4-11(16)17/h7,9-10,14H,4-6,13H2,1-3H3,(H,16,17). The van der Waals surface area contributed by atoms with Crippen LogP contribution in [0.4, 0.5) is 0 Å². The maximum absolute atomic E-state index is 11.0. The van der Waals surface area contributed by atoms with Gasteiger partial charge in [-0.05, 0) is 5.92 Å². The number of nitrogens with two attached hydrogens (primary N) is 1. The fourth-order valence-corrected chi connectivity index (χ4v) is 2.10. The molecule has 0 fully saturated rings. The summed E-state index contributed by atoms with van der Waals surface area (Å²) >= 11 is 1.08. The Morgan fingerprint density at radius 3 is 2.42 bits per heavy atom. The second kappa shape index (κ2) is 8.92. The number of nitrogens with one attached hydrogen (secondary N) is 1. The summed E-state index contributed by atoms with van der Waals surface area (Å²) < 4.78 is 5.08. The van der Waals surface area contributed by atoms with Gasteiger partial charge in [0.2, 0.25) is 0 Å². The Labute approximate surface area is 117 Å². The maximum Gasteiger partial charge on any atom is 0.304 e. The Morgan fingerprint density at radius 2 is 2.00 bits per heavy atom. The fraction of sp³-hybridized carbons (Fsp3) is 0.750. The highest BCUT2D eigenvalue weighted by Gasteiger charge is 2.23. The van der Waals surface area contributed by atoms with E-state index >= 15 is 0 Å². The van der Waals surface area contributed by atoms with E-state index in [2.05, 4.69) is 0 Å². The number of carbonyl (C=O) groups is 2. The summed E-state index contributed by atoms with van der Waals surface area (Å²) in [6, 6.07) is -0.176. The Bertz CT molecular complexity index is 334. The van der Waals surface area contributed by atoms with Crippen molar-refractivity contribution >= 4 is 28.7 Å². The summed E-state index contributed by atoms with van der Waals surface area (Å²) in [5, 5.41) is 16.5. The third-order valence-corrected chi connectivity index (χ3v) is 3.50. The van der Waals surface area contributed by atoms with Gasteiger partial charge in [-0.15, -0.1) is 11.8 Å². The zero-order valence-corrected chi connectivity index (χ0v) is 12.3. The molecule has 7 heteroatoms. The number of carboxylic acid groups (broad SMARTS) is 1. The van der Waals surface area contributed by atoms with Crippen LogP contribution >= 0.6 is 11.8 Å². The van der Waals surface area contributed by atoms with Crippen molar-refractivity contribution in [1.29, 1.82) is 5.41 Å². The molecule has 0 aliphatic heterocycles. The Hall–Kier alpha value is -1.08. The molecule has 0 aromatic heterocycles. The molecule has 0 bridgehead atoms. The predicted molar refractivity (Wildman–Crippen MR) is 75.4 cm³/mol. The van der Waals surface area contributed by atoms with Gasteiger partial charge in [-0.1, -0.05) is 13.8 Å². The van der Waals surface area contributed by atoms with E-state index in [9.17, 15) is 9.59 Å². The highest BCUT2D eigenvalue weighted by Crippen LogP contribution is 2.17. The number of rotatable bonds is 8. The van der Waals surface area contributed by atoms with E-state index in [4.69, 9.17) is 21.0 Å². The van der Waals surface area contributed by atoms with Crippen molar-refractivity contribution in [3.05, 3.63) is 0 Å². The van der Waals surface area contributed by atoms with Gasteiger partial charge in [0.05, 0.1) is 6.42 Å². The molecule has 0 aliphatic carbocycles. The molecule has 0 amide bonds. The summed E-state index contributed by atoms with van der Waals surface area (Å²) in [5.41, 5.74) is 5.92.